The average molecular weight is 165 g/mol. The molecule has 0 heterocycles. The molecule has 0 aromatic carbocycles. The lowest BCUT2D eigenvalue weighted by Crippen LogP contribution is -2.31. The molecule has 0 aromatic heterocycles. The Bertz CT molecular complexity index is 184. The summed E-state index contributed by atoms with van der Waals surface area (Å²) >= 11 is 0. The molecule has 0 aliphatic heterocycles. The monoisotopic (exact) mass is 165 g/mol. The summed E-state index contributed by atoms with van der Waals surface area (Å²) in [6.45, 7) is 1.89. The van der Waals surface area contributed by atoms with Crippen molar-refractivity contribution in [3.63, 3.8) is 0 Å². The molecule has 0 fully saturated rings. The second-order valence-corrected chi connectivity index (χ2v) is 5.09. The van der Waals surface area contributed by atoms with Gasteiger partial charge in [-0.2, -0.15) is 0 Å². The first-order valence-electron chi connectivity index (χ1n) is 3.17. The van der Waals surface area contributed by atoms with E-state index < -0.39 is 9.84 Å². The molecule has 0 aliphatic carbocycles. The number of nitrogens with zero attached hydrogens (tertiary/aromatic N) is 1. The molecule has 0 aliphatic rings. The van der Waals surface area contributed by atoms with Gasteiger partial charge in [0, 0.05) is 12.3 Å². The Morgan fingerprint density at radius 2 is 1.80 bits per heavy atom. The van der Waals surface area contributed by atoms with Crippen LogP contribution in [-0.2, 0) is 9.84 Å². The molecule has 3 nitrogen and oxygen atoms in total. The van der Waals surface area contributed by atoms with E-state index in [1.165, 1.54) is 6.26 Å². The van der Waals surface area contributed by atoms with Crippen molar-refractivity contribution in [3.8, 4) is 0 Å². The maximum absolute atomic E-state index is 10.7. The van der Waals surface area contributed by atoms with Gasteiger partial charge in [-0.3, -0.25) is 0 Å². The smallest absolute Gasteiger partial charge is 0.148 e. The number of rotatable bonds is 3. The van der Waals surface area contributed by atoms with E-state index >= 15 is 0 Å². The van der Waals surface area contributed by atoms with E-state index in [1.807, 2.05) is 25.9 Å². The van der Waals surface area contributed by atoms with Gasteiger partial charge in [0.15, 0.2) is 0 Å². The van der Waals surface area contributed by atoms with Crippen molar-refractivity contribution in [3.05, 3.63) is 0 Å². The van der Waals surface area contributed by atoms with Crippen LogP contribution in [0.3, 0.4) is 0 Å². The largest absolute Gasteiger partial charge is 0.306 e. The normalized spacial score (nSPS) is 15.7. The highest BCUT2D eigenvalue weighted by atomic mass is 32.2. The lowest BCUT2D eigenvalue weighted by atomic mass is 10.4. The van der Waals surface area contributed by atoms with Gasteiger partial charge in [0.05, 0.1) is 5.75 Å². The van der Waals surface area contributed by atoms with Crippen LogP contribution >= 0.6 is 0 Å². The third kappa shape index (κ3) is 4.76. The van der Waals surface area contributed by atoms with Crippen LogP contribution < -0.4 is 0 Å². The quantitative estimate of drug-likeness (QED) is 0.590. The molecular weight excluding hydrogens is 150 g/mol. The first-order chi connectivity index (χ1) is 4.33. The van der Waals surface area contributed by atoms with Gasteiger partial charge in [0.2, 0.25) is 0 Å². The van der Waals surface area contributed by atoms with Gasteiger partial charge in [-0.15, -0.1) is 0 Å². The fourth-order valence-corrected chi connectivity index (χ4v) is 1.76. The highest BCUT2D eigenvalue weighted by Crippen LogP contribution is 1.95. The molecule has 0 spiro atoms. The first-order valence-corrected chi connectivity index (χ1v) is 5.23. The summed E-state index contributed by atoms with van der Waals surface area (Å²) in [6.07, 6.45) is 1.26. The van der Waals surface area contributed by atoms with Gasteiger partial charge in [0.25, 0.3) is 0 Å². The fourth-order valence-electron chi connectivity index (χ4n) is 0.587. The van der Waals surface area contributed by atoms with Crippen molar-refractivity contribution < 1.29 is 8.42 Å². The Morgan fingerprint density at radius 1 is 1.40 bits per heavy atom. The van der Waals surface area contributed by atoms with Crippen molar-refractivity contribution >= 4 is 9.84 Å². The van der Waals surface area contributed by atoms with E-state index in [4.69, 9.17) is 0 Å². The van der Waals surface area contributed by atoms with E-state index in [0.29, 0.717) is 0 Å². The summed E-state index contributed by atoms with van der Waals surface area (Å²) in [7, 11) is 0.932. The molecule has 0 radical (unpaired) electrons. The minimum atomic E-state index is -2.81. The molecule has 0 saturated carbocycles. The standard InChI is InChI=1S/C6H15NO2S/c1-6(7(2)3)5-10(4,8)9/h6H,5H2,1-4H3. The third-order valence-electron chi connectivity index (χ3n) is 1.43. The number of sulfone groups is 1. The van der Waals surface area contributed by atoms with E-state index in [0.717, 1.165) is 0 Å². The van der Waals surface area contributed by atoms with Gasteiger partial charge in [-0.25, -0.2) is 8.42 Å². The summed E-state index contributed by atoms with van der Waals surface area (Å²) in [5, 5.41) is 0. The minimum absolute atomic E-state index is 0.106. The molecule has 1 atom stereocenters. The van der Waals surface area contributed by atoms with E-state index in [-0.39, 0.29) is 11.8 Å². The van der Waals surface area contributed by atoms with Gasteiger partial charge < -0.3 is 4.90 Å². The predicted octanol–water partition coefficient (Wildman–Crippen LogP) is -0.0189. The van der Waals surface area contributed by atoms with Crippen molar-refractivity contribution in [1.82, 2.24) is 4.90 Å². The van der Waals surface area contributed by atoms with Gasteiger partial charge in [-0.05, 0) is 21.0 Å². The highest BCUT2D eigenvalue weighted by Gasteiger charge is 2.11. The SMILES string of the molecule is CC(CS(C)(=O)=O)N(C)C. The summed E-state index contributed by atoms with van der Waals surface area (Å²) in [6, 6.07) is 0.106. The van der Waals surface area contributed by atoms with Crippen molar-refractivity contribution in [1.29, 1.82) is 0 Å². The molecule has 0 aromatic rings. The van der Waals surface area contributed by atoms with Gasteiger partial charge >= 0.3 is 0 Å². The predicted molar refractivity (Wildman–Crippen MR) is 42.9 cm³/mol. The maximum atomic E-state index is 10.7. The molecule has 10 heavy (non-hydrogen) atoms. The molecule has 0 saturated heterocycles. The zero-order chi connectivity index (χ0) is 8.36. The topological polar surface area (TPSA) is 37.4 Å². The lowest BCUT2D eigenvalue weighted by molar-refractivity contribution is 0.336. The fraction of sp³-hybridized carbons (Fsp3) is 1.00. The lowest BCUT2D eigenvalue weighted by Gasteiger charge is -2.17. The van der Waals surface area contributed by atoms with Crippen LogP contribution in [0.4, 0.5) is 0 Å². The third-order valence-corrected chi connectivity index (χ3v) is 2.51. The minimum Gasteiger partial charge on any atom is -0.306 e. The van der Waals surface area contributed by atoms with Crippen LogP contribution in [0.15, 0.2) is 0 Å². The summed E-state index contributed by atoms with van der Waals surface area (Å²) < 4.78 is 21.4. The van der Waals surface area contributed by atoms with Crippen molar-refractivity contribution in [2.45, 2.75) is 13.0 Å². The van der Waals surface area contributed by atoms with E-state index in [1.54, 1.807) is 0 Å². The Balaban J connectivity index is 3.93. The summed E-state index contributed by atoms with van der Waals surface area (Å²) in [4.78, 5) is 1.89. The molecule has 62 valence electrons. The van der Waals surface area contributed by atoms with Crippen LogP contribution in [-0.4, -0.2) is 45.5 Å². The van der Waals surface area contributed by atoms with Crippen LogP contribution in [0.2, 0.25) is 0 Å². The van der Waals surface area contributed by atoms with Crippen LogP contribution in [0, 0.1) is 0 Å². The Labute approximate surface area is 62.9 Å². The number of hydrogen-bond donors (Lipinski definition) is 0. The van der Waals surface area contributed by atoms with Gasteiger partial charge in [0.1, 0.15) is 9.84 Å². The van der Waals surface area contributed by atoms with Crippen LogP contribution in [0.5, 0.6) is 0 Å². The Morgan fingerprint density at radius 3 is 1.90 bits per heavy atom. The molecule has 1 unspecified atom stereocenters. The summed E-state index contributed by atoms with van der Waals surface area (Å²) in [5.41, 5.74) is 0. The second-order valence-electron chi connectivity index (χ2n) is 2.91. The van der Waals surface area contributed by atoms with Crippen LogP contribution in [0.1, 0.15) is 6.92 Å². The average Bonchev–Trinajstić information content (AvgIpc) is 1.60. The molecule has 0 amide bonds. The first kappa shape index (κ1) is 9.91. The molecule has 0 bridgehead atoms. The Kier molecular flexibility index (Phi) is 3.31. The Hall–Kier alpha value is -0.0900. The zero-order valence-electron chi connectivity index (χ0n) is 6.96. The van der Waals surface area contributed by atoms with E-state index in [2.05, 4.69) is 0 Å². The molecule has 4 heteroatoms. The second kappa shape index (κ2) is 3.34. The van der Waals surface area contributed by atoms with Crippen molar-refractivity contribution in [2.24, 2.45) is 0 Å². The maximum Gasteiger partial charge on any atom is 0.148 e. The molecule has 0 rings (SSSR count). The molecular formula is C6H15NO2S. The van der Waals surface area contributed by atoms with Crippen molar-refractivity contribution in [2.75, 3.05) is 26.1 Å². The van der Waals surface area contributed by atoms with Gasteiger partial charge in [-0.1, -0.05) is 0 Å². The van der Waals surface area contributed by atoms with Crippen LogP contribution in [0.25, 0.3) is 0 Å². The number of hydrogen-bond acceptors (Lipinski definition) is 3. The highest BCUT2D eigenvalue weighted by molar-refractivity contribution is 7.90. The summed E-state index contributed by atoms with van der Waals surface area (Å²) in [5.74, 6) is 0.236. The zero-order valence-corrected chi connectivity index (χ0v) is 7.77. The molecule has 0 N–H and O–H groups in total. The van der Waals surface area contributed by atoms with E-state index in [9.17, 15) is 8.42 Å².